The van der Waals surface area contributed by atoms with E-state index in [2.05, 4.69) is 0 Å². The highest BCUT2D eigenvalue weighted by atomic mass is 16.5. The molecule has 3 rings (SSSR count). The summed E-state index contributed by atoms with van der Waals surface area (Å²) in [6.45, 7) is 1.07. The van der Waals surface area contributed by atoms with E-state index in [0.29, 0.717) is 12.8 Å². The summed E-state index contributed by atoms with van der Waals surface area (Å²) >= 11 is 0. The monoisotopic (exact) mass is 276 g/mol. The maximum Gasteiger partial charge on any atom is 0.313 e. The number of carbonyl (C=O) groups is 1. The highest BCUT2D eigenvalue weighted by Crippen LogP contribution is 2.39. The van der Waals surface area contributed by atoms with Gasteiger partial charge in [-0.2, -0.15) is 0 Å². The second-order valence-electron chi connectivity index (χ2n) is 5.83. The maximum atomic E-state index is 11.8. The van der Waals surface area contributed by atoms with Crippen molar-refractivity contribution in [1.29, 1.82) is 0 Å². The summed E-state index contributed by atoms with van der Waals surface area (Å²) in [5, 5.41) is 9.67. The molecule has 1 fully saturated rings. The van der Waals surface area contributed by atoms with Crippen LogP contribution in [0.15, 0.2) is 24.3 Å². The van der Waals surface area contributed by atoms with Crippen LogP contribution >= 0.6 is 0 Å². The number of aliphatic carboxylic acids is 1. The van der Waals surface area contributed by atoms with Crippen LogP contribution in [-0.2, 0) is 16.0 Å². The third kappa shape index (κ3) is 2.52. The minimum Gasteiger partial charge on any atom is -0.492 e. The van der Waals surface area contributed by atoms with Crippen LogP contribution in [0.4, 0.5) is 0 Å². The summed E-state index contributed by atoms with van der Waals surface area (Å²) in [7, 11) is 0. The molecule has 2 unspecified atom stereocenters. The fraction of sp³-hybridized carbons (Fsp3) is 0.562. The predicted molar refractivity (Wildman–Crippen MR) is 73.9 cm³/mol. The lowest BCUT2D eigenvalue weighted by Gasteiger charge is -2.35. The van der Waals surface area contributed by atoms with Gasteiger partial charge in [0.2, 0.25) is 0 Å². The number of ether oxygens (including phenoxy) is 2. The number of carboxylic acid groups (broad SMARTS) is 1. The zero-order valence-electron chi connectivity index (χ0n) is 11.5. The van der Waals surface area contributed by atoms with Gasteiger partial charge in [-0.3, -0.25) is 4.79 Å². The minimum atomic E-state index is -0.805. The van der Waals surface area contributed by atoms with Crippen LogP contribution in [0.3, 0.4) is 0 Å². The Kier molecular flexibility index (Phi) is 3.66. The average molecular weight is 276 g/mol. The Morgan fingerprint density at radius 2 is 2.25 bits per heavy atom. The van der Waals surface area contributed by atoms with Crippen molar-refractivity contribution in [2.75, 3.05) is 13.2 Å². The summed E-state index contributed by atoms with van der Waals surface area (Å²) in [6.07, 6.45) is 4.32. The molecule has 0 amide bonds. The lowest BCUT2D eigenvalue weighted by Crippen LogP contribution is -2.42. The zero-order valence-corrected chi connectivity index (χ0v) is 11.5. The third-order valence-electron chi connectivity index (χ3n) is 4.43. The van der Waals surface area contributed by atoms with Crippen molar-refractivity contribution in [3.63, 3.8) is 0 Å². The van der Waals surface area contributed by atoms with Crippen molar-refractivity contribution in [2.24, 2.45) is 5.41 Å². The van der Waals surface area contributed by atoms with E-state index in [1.807, 2.05) is 24.3 Å². The van der Waals surface area contributed by atoms with E-state index in [0.717, 1.165) is 37.2 Å². The van der Waals surface area contributed by atoms with Crippen LogP contribution in [0.5, 0.6) is 5.75 Å². The van der Waals surface area contributed by atoms with Crippen LogP contribution in [0.25, 0.3) is 0 Å². The van der Waals surface area contributed by atoms with Gasteiger partial charge in [-0.1, -0.05) is 18.2 Å². The summed E-state index contributed by atoms with van der Waals surface area (Å²) in [5.74, 6) is 0.0616. The van der Waals surface area contributed by atoms with Gasteiger partial charge in [0.15, 0.2) is 0 Å². The quantitative estimate of drug-likeness (QED) is 0.918. The normalized spacial score (nSPS) is 28.7. The number of hydrogen-bond acceptors (Lipinski definition) is 3. The molecule has 0 bridgehead atoms. The molecular formula is C16H20O4. The number of carboxylic acids is 1. The number of fused-ring (bicyclic) bond motifs is 1. The first-order valence-electron chi connectivity index (χ1n) is 7.25. The van der Waals surface area contributed by atoms with E-state index in [9.17, 15) is 9.90 Å². The molecule has 0 saturated carbocycles. The predicted octanol–water partition coefficient (Wildman–Crippen LogP) is 2.65. The van der Waals surface area contributed by atoms with Crippen LogP contribution in [-0.4, -0.2) is 30.4 Å². The van der Waals surface area contributed by atoms with Crippen molar-refractivity contribution in [3.8, 4) is 5.75 Å². The van der Waals surface area contributed by atoms with Crippen molar-refractivity contribution < 1.29 is 19.4 Å². The fourth-order valence-electron chi connectivity index (χ4n) is 3.14. The minimum absolute atomic E-state index is 0.225. The smallest absolute Gasteiger partial charge is 0.313 e. The lowest BCUT2D eigenvalue weighted by molar-refractivity contribution is -0.152. The second-order valence-corrected chi connectivity index (χ2v) is 5.83. The van der Waals surface area contributed by atoms with Gasteiger partial charge in [0, 0.05) is 6.61 Å². The molecule has 2 aliphatic rings. The Labute approximate surface area is 118 Å². The first kappa shape index (κ1) is 13.4. The molecule has 0 radical (unpaired) electrons. The molecule has 1 aromatic carbocycles. The van der Waals surface area contributed by atoms with Crippen LogP contribution < -0.4 is 4.74 Å². The Hall–Kier alpha value is -1.55. The van der Waals surface area contributed by atoms with Gasteiger partial charge < -0.3 is 14.6 Å². The summed E-state index contributed by atoms with van der Waals surface area (Å²) in [5.41, 5.74) is 0.189. The van der Waals surface area contributed by atoms with Crippen LogP contribution in [0, 0.1) is 5.41 Å². The third-order valence-corrected chi connectivity index (χ3v) is 4.43. The molecule has 1 saturated heterocycles. The van der Waals surface area contributed by atoms with E-state index in [1.54, 1.807) is 0 Å². The van der Waals surface area contributed by atoms with Crippen molar-refractivity contribution in [1.82, 2.24) is 0 Å². The van der Waals surface area contributed by atoms with Gasteiger partial charge in [-0.15, -0.1) is 0 Å². The first-order chi connectivity index (χ1) is 9.70. The summed E-state index contributed by atoms with van der Waals surface area (Å²) < 4.78 is 11.3. The van der Waals surface area contributed by atoms with Gasteiger partial charge in [-0.25, -0.2) is 0 Å². The van der Waals surface area contributed by atoms with Crippen molar-refractivity contribution in [3.05, 3.63) is 29.8 Å². The van der Waals surface area contributed by atoms with E-state index in [-0.39, 0.29) is 12.7 Å². The molecule has 2 aliphatic heterocycles. The number of para-hydroxylation sites is 1. The molecule has 0 aromatic heterocycles. The molecule has 108 valence electrons. The molecule has 2 atom stereocenters. The highest BCUT2D eigenvalue weighted by molar-refractivity contribution is 5.76. The number of rotatable bonds is 4. The standard InChI is InChI=1S/C16H20O4/c17-15(18)16(8-7-13-5-3-9-19-13)10-12-4-1-2-6-14(12)20-11-16/h1-2,4,6,13H,3,5,7-11H2,(H,17,18). The molecule has 0 spiro atoms. The van der Waals surface area contributed by atoms with Gasteiger partial charge in [0.25, 0.3) is 0 Å². The molecule has 1 aromatic rings. The SMILES string of the molecule is O=C(O)C1(CCC2CCCO2)COc2ccccc2C1. The Balaban J connectivity index is 1.74. The van der Waals surface area contributed by atoms with E-state index >= 15 is 0 Å². The Bertz CT molecular complexity index is 493. The second kappa shape index (κ2) is 5.44. The van der Waals surface area contributed by atoms with Crippen molar-refractivity contribution >= 4 is 5.97 Å². The largest absolute Gasteiger partial charge is 0.492 e. The first-order valence-corrected chi connectivity index (χ1v) is 7.25. The molecule has 4 nitrogen and oxygen atoms in total. The number of benzene rings is 1. The molecule has 0 aliphatic carbocycles. The van der Waals surface area contributed by atoms with E-state index in [4.69, 9.17) is 9.47 Å². The summed E-state index contributed by atoms with van der Waals surface area (Å²) in [6, 6.07) is 7.71. The Morgan fingerprint density at radius 3 is 3.00 bits per heavy atom. The molecule has 2 heterocycles. The van der Waals surface area contributed by atoms with Crippen LogP contribution in [0.2, 0.25) is 0 Å². The zero-order chi connectivity index (χ0) is 14.0. The van der Waals surface area contributed by atoms with E-state index < -0.39 is 11.4 Å². The Morgan fingerprint density at radius 1 is 1.40 bits per heavy atom. The summed E-state index contributed by atoms with van der Waals surface area (Å²) in [4.78, 5) is 11.8. The fourth-order valence-corrected chi connectivity index (χ4v) is 3.14. The lowest BCUT2D eigenvalue weighted by atomic mass is 9.76. The van der Waals surface area contributed by atoms with Crippen LogP contribution in [0.1, 0.15) is 31.2 Å². The van der Waals surface area contributed by atoms with Gasteiger partial charge >= 0.3 is 5.97 Å². The topological polar surface area (TPSA) is 55.8 Å². The van der Waals surface area contributed by atoms with Gasteiger partial charge in [0.05, 0.1) is 6.10 Å². The van der Waals surface area contributed by atoms with Crippen molar-refractivity contribution in [2.45, 2.75) is 38.2 Å². The van der Waals surface area contributed by atoms with E-state index in [1.165, 1.54) is 0 Å². The molecule has 20 heavy (non-hydrogen) atoms. The van der Waals surface area contributed by atoms with Gasteiger partial charge in [0.1, 0.15) is 17.8 Å². The highest BCUT2D eigenvalue weighted by Gasteiger charge is 2.43. The van der Waals surface area contributed by atoms with Gasteiger partial charge in [-0.05, 0) is 43.7 Å². The molecular weight excluding hydrogens is 256 g/mol. The average Bonchev–Trinajstić information content (AvgIpc) is 2.98. The molecule has 1 N–H and O–H groups in total. The molecule has 4 heteroatoms. The maximum absolute atomic E-state index is 11.8. The number of hydrogen-bond donors (Lipinski definition) is 1.